The number of fused-ring (bicyclic) bond motifs is 1. The Hall–Kier alpha value is -3.91. The Morgan fingerprint density at radius 1 is 0.933 bits per heavy atom. The van der Waals surface area contributed by atoms with Gasteiger partial charge in [0.2, 0.25) is 9.84 Å². The molecule has 1 heterocycles. The van der Waals surface area contributed by atoms with Crippen LogP contribution in [0.15, 0.2) is 88.8 Å². The van der Waals surface area contributed by atoms with E-state index in [1.807, 2.05) is 0 Å². The summed E-state index contributed by atoms with van der Waals surface area (Å²) in [4.78, 5) is 16.5. The highest BCUT2D eigenvalue weighted by Gasteiger charge is 2.20. The van der Waals surface area contributed by atoms with Crippen LogP contribution in [0.3, 0.4) is 0 Å². The molecule has 0 saturated carbocycles. The van der Waals surface area contributed by atoms with Crippen molar-refractivity contribution in [3.63, 3.8) is 0 Å². The summed E-state index contributed by atoms with van der Waals surface area (Å²) in [5, 5.41) is 13.0. The van der Waals surface area contributed by atoms with Crippen LogP contribution in [0.25, 0.3) is 10.9 Å². The third kappa shape index (κ3) is 3.56. The molecule has 0 atom stereocenters. The Labute approximate surface area is 172 Å². The number of phenols is 1. The van der Waals surface area contributed by atoms with Crippen LogP contribution in [0.5, 0.6) is 5.75 Å². The number of sulfone groups is 1. The van der Waals surface area contributed by atoms with E-state index in [-0.39, 0.29) is 21.1 Å². The van der Waals surface area contributed by atoms with Crippen LogP contribution in [-0.2, 0) is 9.84 Å². The van der Waals surface area contributed by atoms with Crippen LogP contribution in [-0.4, -0.2) is 24.4 Å². The van der Waals surface area contributed by atoms with Crippen molar-refractivity contribution in [2.45, 2.75) is 9.79 Å². The molecule has 1 amide bonds. The first-order valence-electron chi connectivity index (χ1n) is 8.95. The van der Waals surface area contributed by atoms with E-state index in [0.717, 1.165) is 0 Å². The third-order valence-electron chi connectivity index (χ3n) is 4.61. The lowest BCUT2D eigenvalue weighted by molar-refractivity contribution is 0.100. The zero-order valence-electron chi connectivity index (χ0n) is 15.6. The van der Waals surface area contributed by atoms with E-state index in [1.165, 1.54) is 42.6 Å². The second-order valence-electron chi connectivity index (χ2n) is 6.58. The smallest absolute Gasteiger partial charge is 0.252 e. The third-order valence-corrected chi connectivity index (χ3v) is 6.37. The molecule has 150 valence electrons. The van der Waals surface area contributed by atoms with Crippen molar-refractivity contribution in [3.05, 3.63) is 84.6 Å². The number of nitrogens with one attached hydrogen (secondary N) is 1. The summed E-state index contributed by atoms with van der Waals surface area (Å²) < 4.78 is 26.1. The SMILES string of the molecule is NC(=O)c1cnc2ccc(S(=O)(=O)c3ccccc3)cc2c1Nc1ccc(O)cc1. The van der Waals surface area contributed by atoms with Crippen LogP contribution >= 0.6 is 0 Å². The highest BCUT2D eigenvalue weighted by Crippen LogP contribution is 2.32. The van der Waals surface area contributed by atoms with E-state index in [0.29, 0.717) is 22.3 Å². The highest BCUT2D eigenvalue weighted by atomic mass is 32.2. The maximum atomic E-state index is 13.0. The molecule has 4 aromatic rings. The minimum absolute atomic E-state index is 0.0679. The molecule has 0 bridgehead atoms. The number of primary amides is 1. The second-order valence-corrected chi connectivity index (χ2v) is 8.53. The number of nitrogens with two attached hydrogens (primary N) is 1. The number of carbonyl (C=O) groups excluding carboxylic acids is 1. The van der Waals surface area contributed by atoms with Gasteiger partial charge in [-0.2, -0.15) is 0 Å². The zero-order chi connectivity index (χ0) is 21.3. The monoisotopic (exact) mass is 419 g/mol. The summed E-state index contributed by atoms with van der Waals surface area (Å²) in [6, 6.07) is 18.8. The molecule has 0 spiro atoms. The van der Waals surface area contributed by atoms with Crippen LogP contribution in [0.4, 0.5) is 11.4 Å². The van der Waals surface area contributed by atoms with Gasteiger partial charge >= 0.3 is 0 Å². The number of hydrogen-bond donors (Lipinski definition) is 3. The fourth-order valence-electron chi connectivity index (χ4n) is 3.09. The molecule has 4 rings (SSSR count). The van der Waals surface area contributed by atoms with Crippen molar-refractivity contribution in [3.8, 4) is 5.75 Å². The summed E-state index contributed by atoms with van der Waals surface area (Å²) in [6.45, 7) is 0. The number of phenolic OH excluding ortho intramolecular Hbond substituents is 1. The van der Waals surface area contributed by atoms with Crippen LogP contribution < -0.4 is 11.1 Å². The van der Waals surface area contributed by atoms with Gasteiger partial charge in [0.1, 0.15) is 5.75 Å². The molecule has 0 unspecified atom stereocenters. The summed E-state index contributed by atoms with van der Waals surface area (Å²) in [7, 11) is -3.76. The summed E-state index contributed by atoms with van der Waals surface area (Å²) >= 11 is 0. The van der Waals surface area contributed by atoms with Crippen molar-refractivity contribution in [1.82, 2.24) is 4.98 Å². The average molecular weight is 419 g/mol. The van der Waals surface area contributed by atoms with Gasteiger partial charge < -0.3 is 16.2 Å². The number of amides is 1. The summed E-state index contributed by atoms with van der Waals surface area (Å²) in [5.74, 6) is -0.617. The van der Waals surface area contributed by atoms with Crippen molar-refractivity contribution >= 4 is 38.0 Å². The number of nitrogens with zero attached hydrogens (tertiary/aromatic N) is 1. The Kier molecular flexibility index (Phi) is 4.85. The summed E-state index contributed by atoms with van der Waals surface area (Å²) in [5.41, 5.74) is 7.05. The molecule has 0 saturated heterocycles. The van der Waals surface area contributed by atoms with E-state index in [9.17, 15) is 18.3 Å². The fourth-order valence-corrected chi connectivity index (χ4v) is 4.39. The first-order chi connectivity index (χ1) is 14.4. The number of pyridine rings is 1. The summed E-state index contributed by atoms with van der Waals surface area (Å²) in [6.07, 6.45) is 1.35. The number of hydrogen-bond acceptors (Lipinski definition) is 6. The molecule has 0 aliphatic rings. The maximum absolute atomic E-state index is 13.0. The maximum Gasteiger partial charge on any atom is 0.252 e. The van der Waals surface area contributed by atoms with E-state index in [2.05, 4.69) is 10.3 Å². The highest BCUT2D eigenvalue weighted by molar-refractivity contribution is 7.91. The molecule has 4 N–H and O–H groups in total. The average Bonchev–Trinajstić information content (AvgIpc) is 2.75. The Morgan fingerprint density at radius 3 is 2.30 bits per heavy atom. The normalized spacial score (nSPS) is 11.3. The molecule has 1 aromatic heterocycles. The minimum atomic E-state index is -3.76. The lowest BCUT2D eigenvalue weighted by Gasteiger charge is -2.14. The van der Waals surface area contributed by atoms with Gasteiger partial charge in [0.05, 0.1) is 26.6 Å². The number of rotatable bonds is 5. The molecule has 0 aliphatic carbocycles. The van der Waals surface area contributed by atoms with E-state index in [1.54, 1.807) is 36.4 Å². The number of aromatic nitrogens is 1. The lowest BCUT2D eigenvalue weighted by atomic mass is 10.1. The van der Waals surface area contributed by atoms with Gasteiger partial charge in [0.15, 0.2) is 0 Å². The number of benzene rings is 3. The van der Waals surface area contributed by atoms with Gasteiger partial charge in [0.25, 0.3) is 5.91 Å². The molecule has 30 heavy (non-hydrogen) atoms. The molecule has 0 fully saturated rings. The standard InChI is InChI=1S/C22H17N3O4S/c23-22(27)19-13-24-20-11-10-17(30(28,29)16-4-2-1-3-5-16)12-18(20)21(19)25-14-6-8-15(26)9-7-14/h1-13,26H,(H2,23,27)(H,24,25). The predicted octanol–water partition coefficient (Wildman–Crippen LogP) is 3.62. The van der Waals surface area contributed by atoms with E-state index in [4.69, 9.17) is 5.73 Å². The van der Waals surface area contributed by atoms with Gasteiger partial charge in [-0.3, -0.25) is 9.78 Å². The predicted molar refractivity (Wildman–Crippen MR) is 114 cm³/mol. The van der Waals surface area contributed by atoms with Gasteiger partial charge in [-0.1, -0.05) is 18.2 Å². The molecular formula is C22H17N3O4S. The molecule has 7 nitrogen and oxygen atoms in total. The van der Waals surface area contributed by atoms with Crippen molar-refractivity contribution in [2.24, 2.45) is 5.73 Å². The largest absolute Gasteiger partial charge is 0.508 e. The fraction of sp³-hybridized carbons (Fsp3) is 0. The van der Waals surface area contributed by atoms with E-state index < -0.39 is 15.7 Å². The lowest BCUT2D eigenvalue weighted by Crippen LogP contribution is -2.14. The molecule has 0 radical (unpaired) electrons. The van der Waals surface area contributed by atoms with Crippen molar-refractivity contribution < 1.29 is 18.3 Å². The molecular weight excluding hydrogens is 402 g/mol. The van der Waals surface area contributed by atoms with Crippen LogP contribution in [0.1, 0.15) is 10.4 Å². The molecule has 0 aliphatic heterocycles. The van der Waals surface area contributed by atoms with Crippen LogP contribution in [0, 0.1) is 0 Å². The number of carbonyl (C=O) groups is 1. The Morgan fingerprint density at radius 2 is 1.63 bits per heavy atom. The first-order valence-corrected chi connectivity index (χ1v) is 10.4. The van der Waals surface area contributed by atoms with Gasteiger partial charge in [-0.05, 0) is 54.6 Å². The van der Waals surface area contributed by atoms with Crippen molar-refractivity contribution in [1.29, 1.82) is 0 Å². The molecule has 8 heteroatoms. The van der Waals surface area contributed by atoms with Gasteiger partial charge in [-0.15, -0.1) is 0 Å². The number of anilines is 2. The number of aromatic hydroxyl groups is 1. The minimum Gasteiger partial charge on any atom is -0.508 e. The van der Waals surface area contributed by atoms with Gasteiger partial charge in [-0.25, -0.2) is 8.42 Å². The Bertz CT molecular complexity index is 1350. The quantitative estimate of drug-likeness (QED) is 0.425. The second kappa shape index (κ2) is 7.49. The first kappa shape index (κ1) is 19.4. The van der Waals surface area contributed by atoms with Crippen molar-refractivity contribution in [2.75, 3.05) is 5.32 Å². The van der Waals surface area contributed by atoms with E-state index >= 15 is 0 Å². The topological polar surface area (TPSA) is 122 Å². The molecule has 3 aromatic carbocycles. The van der Waals surface area contributed by atoms with Gasteiger partial charge in [0, 0.05) is 17.3 Å². The van der Waals surface area contributed by atoms with Crippen LogP contribution in [0.2, 0.25) is 0 Å². The Balaban J connectivity index is 1.92. The zero-order valence-corrected chi connectivity index (χ0v) is 16.4.